The Hall–Kier alpha value is -3.11. The van der Waals surface area contributed by atoms with Crippen molar-refractivity contribution in [1.82, 2.24) is 19.8 Å². The van der Waals surface area contributed by atoms with Gasteiger partial charge in [-0.25, -0.2) is 8.42 Å². The monoisotopic (exact) mass is 430 g/mol. The summed E-state index contributed by atoms with van der Waals surface area (Å²) in [7, 11) is -2.24. The van der Waals surface area contributed by atoms with Gasteiger partial charge in [-0.3, -0.25) is 9.89 Å². The molecule has 0 atom stereocenters. The Morgan fingerprint density at radius 1 is 1.27 bits per heavy atom. The van der Waals surface area contributed by atoms with Crippen LogP contribution in [0.3, 0.4) is 0 Å². The van der Waals surface area contributed by atoms with Gasteiger partial charge in [-0.15, -0.1) is 0 Å². The number of furan rings is 1. The molecule has 0 spiro atoms. The Kier molecular flexibility index (Phi) is 5.60. The average molecular weight is 430 g/mol. The zero-order valence-corrected chi connectivity index (χ0v) is 17.2. The van der Waals surface area contributed by atoms with Gasteiger partial charge in [0.2, 0.25) is 10.0 Å². The summed E-state index contributed by atoms with van der Waals surface area (Å²) in [6.07, 6.45) is 3.22. The first-order valence-electron chi connectivity index (χ1n) is 9.53. The average Bonchev–Trinajstić information content (AvgIpc) is 3.53. The minimum Gasteiger partial charge on any atom is -0.495 e. The van der Waals surface area contributed by atoms with Crippen LogP contribution < -0.4 is 10.1 Å². The molecular formula is C20H22N4O5S. The molecule has 1 aliphatic heterocycles. The van der Waals surface area contributed by atoms with Gasteiger partial charge in [0.1, 0.15) is 22.1 Å². The Morgan fingerprint density at radius 2 is 2.07 bits per heavy atom. The molecule has 0 saturated carbocycles. The lowest BCUT2D eigenvalue weighted by atomic mass is 10.1. The van der Waals surface area contributed by atoms with E-state index in [0.29, 0.717) is 30.1 Å². The second-order valence-electron chi connectivity index (χ2n) is 6.91. The predicted octanol–water partition coefficient (Wildman–Crippen LogP) is 2.39. The number of rotatable bonds is 7. The number of methoxy groups -OCH3 is 1. The van der Waals surface area contributed by atoms with Crippen molar-refractivity contribution in [1.29, 1.82) is 0 Å². The Labute approximate surface area is 174 Å². The van der Waals surface area contributed by atoms with Crippen LogP contribution in [0.4, 0.5) is 0 Å². The van der Waals surface area contributed by atoms with E-state index in [9.17, 15) is 13.2 Å². The highest BCUT2D eigenvalue weighted by molar-refractivity contribution is 7.89. The maximum Gasteiger partial charge on any atom is 0.269 e. The molecule has 1 fully saturated rings. The van der Waals surface area contributed by atoms with Gasteiger partial charge in [-0.2, -0.15) is 9.40 Å². The van der Waals surface area contributed by atoms with Crippen molar-refractivity contribution >= 4 is 15.9 Å². The topological polar surface area (TPSA) is 118 Å². The van der Waals surface area contributed by atoms with Gasteiger partial charge >= 0.3 is 0 Å². The fourth-order valence-corrected chi connectivity index (χ4v) is 5.07. The predicted molar refractivity (Wildman–Crippen MR) is 108 cm³/mol. The van der Waals surface area contributed by atoms with Crippen molar-refractivity contribution in [3.8, 4) is 17.0 Å². The minimum atomic E-state index is -3.67. The van der Waals surface area contributed by atoms with E-state index in [4.69, 9.17) is 9.15 Å². The van der Waals surface area contributed by atoms with Crippen LogP contribution in [0.15, 0.2) is 52.0 Å². The van der Waals surface area contributed by atoms with Crippen LogP contribution in [0, 0.1) is 0 Å². The highest BCUT2D eigenvalue weighted by Crippen LogP contribution is 2.32. The second kappa shape index (κ2) is 8.33. The molecule has 0 radical (unpaired) electrons. The fourth-order valence-electron chi connectivity index (χ4n) is 3.37. The summed E-state index contributed by atoms with van der Waals surface area (Å²) >= 11 is 0. The summed E-state index contributed by atoms with van der Waals surface area (Å²) in [5.41, 5.74) is 1.28. The molecule has 2 N–H and O–H groups in total. The highest BCUT2D eigenvalue weighted by atomic mass is 32.2. The molecule has 158 valence electrons. The number of carbonyl (C=O) groups is 1. The first-order valence-corrected chi connectivity index (χ1v) is 11.0. The van der Waals surface area contributed by atoms with E-state index in [1.54, 1.807) is 30.3 Å². The van der Waals surface area contributed by atoms with Crippen LogP contribution in [0.1, 0.15) is 29.1 Å². The number of ether oxygens (including phenoxy) is 1. The van der Waals surface area contributed by atoms with Gasteiger partial charge in [0, 0.05) is 18.7 Å². The molecule has 1 aliphatic rings. The normalized spacial score (nSPS) is 14.7. The molecule has 9 nitrogen and oxygen atoms in total. The number of nitrogens with zero attached hydrogens (tertiary/aromatic N) is 2. The van der Waals surface area contributed by atoms with Crippen molar-refractivity contribution in [2.75, 3.05) is 20.2 Å². The molecule has 1 saturated heterocycles. The molecule has 2 aromatic heterocycles. The summed E-state index contributed by atoms with van der Waals surface area (Å²) in [4.78, 5) is 12.4. The number of hydrogen-bond acceptors (Lipinski definition) is 6. The molecule has 0 bridgehead atoms. The lowest BCUT2D eigenvalue weighted by Gasteiger charge is -2.18. The third-order valence-corrected chi connectivity index (χ3v) is 6.89. The Morgan fingerprint density at radius 3 is 2.77 bits per heavy atom. The number of hydrogen-bond donors (Lipinski definition) is 2. The van der Waals surface area contributed by atoms with Crippen LogP contribution in [0.5, 0.6) is 5.75 Å². The minimum absolute atomic E-state index is 0.0937. The van der Waals surface area contributed by atoms with Crippen LogP contribution in [0.25, 0.3) is 11.3 Å². The summed E-state index contributed by atoms with van der Waals surface area (Å²) in [5.74, 6) is 0.566. The standard InChI is InChI=1S/C20H22N4O5S/c1-28-18-7-6-14(11-19(18)30(26,27)24-8-2-3-9-24)16-12-17(23-22-16)20(25)21-13-15-5-4-10-29-15/h4-7,10-12H,2-3,8-9,13H2,1H3,(H,21,25)(H,22,23). The third kappa shape index (κ3) is 3.96. The highest BCUT2D eigenvalue weighted by Gasteiger charge is 2.30. The number of aromatic nitrogens is 2. The first-order chi connectivity index (χ1) is 14.5. The number of amides is 1. The van der Waals surface area contributed by atoms with Gasteiger partial charge < -0.3 is 14.5 Å². The molecule has 3 heterocycles. The van der Waals surface area contributed by atoms with Crippen molar-refractivity contribution in [2.45, 2.75) is 24.3 Å². The molecule has 1 amide bonds. The summed E-state index contributed by atoms with van der Waals surface area (Å²) in [6.45, 7) is 1.25. The number of carbonyl (C=O) groups excluding carboxylic acids is 1. The smallest absolute Gasteiger partial charge is 0.269 e. The van der Waals surface area contributed by atoms with E-state index in [-0.39, 0.29) is 28.8 Å². The second-order valence-corrected chi connectivity index (χ2v) is 8.81. The van der Waals surface area contributed by atoms with E-state index in [0.717, 1.165) is 12.8 Å². The number of H-pyrrole nitrogens is 1. The lowest BCUT2D eigenvalue weighted by Crippen LogP contribution is -2.28. The van der Waals surface area contributed by atoms with Gasteiger partial charge in [-0.05, 0) is 49.2 Å². The molecule has 4 rings (SSSR count). The molecule has 0 aliphatic carbocycles. The quantitative estimate of drug-likeness (QED) is 0.594. The van der Waals surface area contributed by atoms with Gasteiger partial charge in [0.05, 0.1) is 25.6 Å². The number of aromatic amines is 1. The third-order valence-electron chi connectivity index (χ3n) is 4.97. The van der Waals surface area contributed by atoms with Gasteiger partial charge in [-0.1, -0.05) is 0 Å². The summed E-state index contributed by atoms with van der Waals surface area (Å²) in [6, 6.07) is 9.93. The van der Waals surface area contributed by atoms with E-state index >= 15 is 0 Å². The van der Waals surface area contributed by atoms with E-state index in [1.807, 2.05) is 0 Å². The van der Waals surface area contributed by atoms with Crippen LogP contribution in [-0.2, 0) is 16.6 Å². The van der Waals surface area contributed by atoms with Crippen LogP contribution in [-0.4, -0.2) is 49.0 Å². The number of benzene rings is 1. The molecule has 1 aromatic carbocycles. The SMILES string of the molecule is COc1ccc(-c2cc(C(=O)NCc3ccco3)[nH]n2)cc1S(=O)(=O)N1CCCC1. The number of sulfonamides is 1. The maximum atomic E-state index is 13.1. The molecular weight excluding hydrogens is 408 g/mol. The van der Waals surface area contributed by atoms with Crippen molar-refractivity contribution in [2.24, 2.45) is 0 Å². The molecule has 30 heavy (non-hydrogen) atoms. The van der Waals surface area contributed by atoms with Crippen molar-refractivity contribution in [3.05, 3.63) is 54.1 Å². The summed E-state index contributed by atoms with van der Waals surface area (Å²) in [5, 5.41) is 9.59. The van der Waals surface area contributed by atoms with Crippen molar-refractivity contribution < 1.29 is 22.4 Å². The maximum absolute atomic E-state index is 13.1. The first kappa shape index (κ1) is 20.2. The van der Waals surface area contributed by atoms with E-state index in [1.165, 1.54) is 23.7 Å². The fraction of sp³-hybridized carbons (Fsp3) is 0.300. The van der Waals surface area contributed by atoms with Gasteiger partial charge in [0.15, 0.2) is 0 Å². The zero-order chi connectivity index (χ0) is 21.1. The van der Waals surface area contributed by atoms with Gasteiger partial charge in [0.25, 0.3) is 5.91 Å². The molecule has 3 aromatic rings. The largest absolute Gasteiger partial charge is 0.495 e. The van der Waals surface area contributed by atoms with Crippen molar-refractivity contribution in [3.63, 3.8) is 0 Å². The zero-order valence-electron chi connectivity index (χ0n) is 16.4. The van der Waals surface area contributed by atoms with E-state index < -0.39 is 10.0 Å². The number of nitrogens with one attached hydrogen (secondary N) is 2. The molecule has 10 heteroatoms. The lowest BCUT2D eigenvalue weighted by molar-refractivity contribution is 0.0943. The van der Waals surface area contributed by atoms with Crippen LogP contribution >= 0.6 is 0 Å². The Bertz CT molecular complexity index is 1130. The van der Waals surface area contributed by atoms with Crippen LogP contribution in [0.2, 0.25) is 0 Å². The van der Waals surface area contributed by atoms with E-state index in [2.05, 4.69) is 15.5 Å². The summed E-state index contributed by atoms with van der Waals surface area (Å²) < 4.78 is 38.0. The Balaban J connectivity index is 1.58. The molecule has 0 unspecified atom stereocenters.